The third-order valence-corrected chi connectivity index (χ3v) is 7.23. The Morgan fingerprint density at radius 3 is 2.37 bits per heavy atom. The van der Waals surface area contributed by atoms with Crippen molar-refractivity contribution >= 4 is 21.7 Å². The van der Waals surface area contributed by atoms with E-state index in [1.54, 1.807) is 31.2 Å². The molecule has 0 saturated carbocycles. The molecule has 3 aromatic rings. The number of hydrogen-bond donors (Lipinski definition) is 2. The highest BCUT2D eigenvalue weighted by Crippen LogP contribution is 2.49. The molecule has 186 valence electrons. The van der Waals surface area contributed by atoms with Gasteiger partial charge in [-0.2, -0.15) is 8.42 Å². The maximum Gasteiger partial charge on any atom is 0.294 e. The zero-order chi connectivity index (χ0) is 25.2. The van der Waals surface area contributed by atoms with E-state index >= 15 is 0 Å². The highest BCUT2D eigenvalue weighted by atomic mass is 35.5. The smallest absolute Gasteiger partial charge is 0.294 e. The monoisotopic (exact) mass is 519 g/mol. The van der Waals surface area contributed by atoms with Crippen LogP contribution in [0.3, 0.4) is 0 Å². The Labute approximate surface area is 209 Å². The predicted octanol–water partition coefficient (Wildman–Crippen LogP) is 5.83. The fourth-order valence-electron chi connectivity index (χ4n) is 4.28. The molecule has 1 fully saturated rings. The van der Waals surface area contributed by atoms with Gasteiger partial charge in [-0.1, -0.05) is 41.4 Å². The minimum atomic E-state index is -4.02. The van der Waals surface area contributed by atoms with E-state index in [1.165, 1.54) is 18.2 Å². The number of piperidine rings is 1. The molecule has 9 heteroatoms. The van der Waals surface area contributed by atoms with Gasteiger partial charge in [0, 0.05) is 17.5 Å². The number of aryl methyl sites for hydroxylation is 1. The van der Waals surface area contributed by atoms with Gasteiger partial charge in [-0.05, 0) is 75.2 Å². The first-order chi connectivity index (χ1) is 16.6. The fourth-order valence-corrected chi connectivity index (χ4v) is 4.92. The Morgan fingerprint density at radius 2 is 1.74 bits per heavy atom. The molecule has 0 aliphatic carbocycles. The van der Waals surface area contributed by atoms with Crippen molar-refractivity contribution in [3.63, 3.8) is 0 Å². The molecule has 0 amide bonds. The zero-order valence-electron chi connectivity index (χ0n) is 19.4. The molecule has 0 bridgehead atoms. The van der Waals surface area contributed by atoms with E-state index in [0.717, 1.165) is 42.8 Å². The van der Waals surface area contributed by atoms with E-state index in [2.05, 4.69) is 11.4 Å². The van der Waals surface area contributed by atoms with Crippen LogP contribution in [0.1, 0.15) is 42.4 Å². The predicted molar refractivity (Wildman–Crippen MR) is 132 cm³/mol. The van der Waals surface area contributed by atoms with Gasteiger partial charge < -0.3 is 14.8 Å². The first-order valence-electron chi connectivity index (χ1n) is 11.3. The van der Waals surface area contributed by atoms with Crippen molar-refractivity contribution in [2.24, 2.45) is 0 Å². The van der Waals surface area contributed by atoms with Crippen molar-refractivity contribution in [1.29, 1.82) is 0 Å². The van der Waals surface area contributed by atoms with Crippen LogP contribution in [0.5, 0.6) is 11.5 Å². The largest absolute Gasteiger partial charge is 0.444 e. The number of fused-ring (bicyclic) bond motifs is 1. The lowest BCUT2D eigenvalue weighted by Gasteiger charge is -2.26. The molecular weight excluding hydrogens is 493 g/mol. The molecule has 35 heavy (non-hydrogen) atoms. The average Bonchev–Trinajstić information content (AvgIpc) is 3.16. The van der Waals surface area contributed by atoms with Crippen molar-refractivity contribution < 1.29 is 26.8 Å². The summed E-state index contributed by atoms with van der Waals surface area (Å²) in [4.78, 5) is -0.0666. The van der Waals surface area contributed by atoms with Crippen LogP contribution in [-0.2, 0) is 15.9 Å². The molecule has 2 N–H and O–H groups in total. The Hall–Kier alpha value is -2.65. The minimum Gasteiger partial charge on any atom is -0.444 e. The molecule has 6 nitrogen and oxygen atoms in total. The van der Waals surface area contributed by atoms with Crippen LogP contribution in [0.2, 0.25) is 5.02 Å². The van der Waals surface area contributed by atoms with E-state index in [9.17, 15) is 12.8 Å². The van der Waals surface area contributed by atoms with Crippen molar-refractivity contribution in [2.45, 2.75) is 43.3 Å². The van der Waals surface area contributed by atoms with Crippen molar-refractivity contribution in [2.75, 3.05) is 13.1 Å². The molecule has 0 aromatic heterocycles. The quantitative estimate of drug-likeness (QED) is 0.423. The zero-order valence-corrected chi connectivity index (χ0v) is 21.0. The SMILES string of the molecule is C[C@]1(c2ccc(Cl)cc2F)Oc2cccc(C3CCNCC3)c2O1.Cc1ccc(S(=O)(=O)O)cc1. The highest BCUT2D eigenvalue weighted by molar-refractivity contribution is 7.85. The van der Waals surface area contributed by atoms with Crippen LogP contribution >= 0.6 is 11.6 Å². The molecule has 0 radical (unpaired) electrons. The maximum atomic E-state index is 14.4. The number of ether oxygens (including phenoxy) is 2. The van der Waals surface area contributed by atoms with Gasteiger partial charge in [0.05, 0.1) is 10.5 Å². The summed E-state index contributed by atoms with van der Waals surface area (Å²) >= 11 is 5.86. The Bertz CT molecular complexity index is 1310. The van der Waals surface area contributed by atoms with Crippen LogP contribution in [0.15, 0.2) is 65.6 Å². The standard InChI is InChI=1S/C19H19ClFNO2.C7H8O3S/c1-19(15-6-5-13(20)11-16(15)21)23-17-4-2-3-14(18(17)24-19)12-7-9-22-10-8-12;1-6-2-4-7(5-3-6)11(8,9)10/h2-6,11-12,22H,7-10H2,1H3;2-5H,1H3,(H,8,9,10)/t19-;/m0./s1. The number of benzene rings is 3. The molecular formula is C26H27ClFNO5S. The molecule has 3 aromatic carbocycles. The summed E-state index contributed by atoms with van der Waals surface area (Å²) in [6, 6.07) is 16.5. The van der Waals surface area contributed by atoms with Crippen LogP contribution < -0.4 is 14.8 Å². The molecule has 2 aliphatic heterocycles. The van der Waals surface area contributed by atoms with Gasteiger partial charge in [0.2, 0.25) is 0 Å². The Morgan fingerprint density at radius 1 is 1.06 bits per heavy atom. The van der Waals surface area contributed by atoms with Crippen molar-refractivity contribution in [3.8, 4) is 11.5 Å². The summed E-state index contributed by atoms with van der Waals surface area (Å²) < 4.78 is 56.1. The molecule has 2 heterocycles. The van der Waals surface area contributed by atoms with E-state index in [-0.39, 0.29) is 4.90 Å². The lowest BCUT2D eigenvalue weighted by Crippen LogP contribution is -2.33. The molecule has 0 unspecified atom stereocenters. The number of hydrogen-bond acceptors (Lipinski definition) is 5. The third kappa shape index (κ3) is 5.78. The van der Waals surface area contributed by atoms with Gasteiger partial charge in [-0.3, -0.25) is 4.55 Å². The first-order valence-corrected chi connectivity index (χ1v) is 13.1. The Kier molecular flexibility index (Phi) is 7.38. The summed E-state index contributed by atoms with van der Waals surface area (Å²) in [6.45, 7) is 5.58. The number of halogens is 2. The highest BCUT2D eigenvalue weighted by Gasteiger charge is 2.42. The van der Waals surface area contributed by atoms with Crippen molar-refractivity contribution in [1.82, 2.24) is 5.32 Å². The minimum absolute atomic E-state index is 0.0666. The summed E-state index contributed by atoms with van der Waals surface area (Å²) in [5.74, 6) is 0.229. The number of para-hydroxylation sites is 1. The summed E-state index contributed by atoms with van der Waals surface area (Å²) in [6.07, 6.45) is 2.12. The normalized spacial score (nSPS) is 19.7. The molecule has 2 aliphatic rings. The molecule has 1 atom stereocenters. The topological polar surface area (TPSA) is 84.9 Å². The van der Waals surface area contributed by atoms with Crippen LogP contribution in [0, 0.1) is 12.7 Å². The van der Waals surface area contributed by atoms with E-state index < -0.39 is 21.7 Å². The first kappa shape index (κ1) is 25.4. The van der Waals surface area contributed by atoms with Crippen molar-refractivity contribution in [3.05, 3.63) is 88.2 Å². The number of rotatable bonds is 3. The average molecular weight is 520 g/mol. The van der Waals surface area contributed by atoms with E-state index in [0.29, 0.717) is 22.3 Å². The van der Waals surface area contributed by atoms with Gasteiger partial charge in [0.15, 0.2) is 11.5 Å². The van der Waals surface area contributed by atoms with E-state index in [1.807, 2.05) is 19.1 Å². The lowest BCUT2D eigenvalue weighted by atomic mass is 9.89. The van der Waals surface area contributed by atoms with E-state index in [4.69, 9.17) is 25.6 Å². The molecule has 5 rings (SSSR count). The van der Waals surface area contributed by atoms with Crippen LogP contribution in [0.25, 0.3) is 0 Å². The van der Waals surface area contributed by atoms with Gasteiger partial charge >= 0.3 is 0 Å². The summed E-state index contributed by atoms with van der Waals surface area (Å²) in [5, 5.41) is 3.73. The number of nitrogens with one attached hydrogen (secondary N) is 1. The van der Waals surface area contributed by atoms with Gasteiger partial charge in [-0.25, -0.2) is 4.39 Å². The molecule has 1 saturated heterocycles. The Balaban J connectivity index is 0.000000221. The lowest BCUT2D eigenvalue weighted by molar-refractivity contribution is -0.0711. The fraction of sp³-hybridized carbons (Fsp3) is 0.308. The van der Waals surface area contributed by atoms with Gasteiger partial charge in [0.25, 0.3) is 15.9 Å². The van der Waals surface area contributed by atoms with Gasteiger partial charge in [0.1, 0.15) is 5.82 Å². The third-order valence-electron chi connectivity index (χ3n) is 6.13. The second kappa shape index (κ2) is 10.1. The second-order valence-corrected chi connectivity index (χ2v) is 10.6. The van der Waals surface area contributed by atoms with Gasteiger partial charge in [-0.15, -0.1) is 0 Å². The van der Waals surface area contributed by atoms with Crippen LogP contribution in [-0.4, -0.2) is 26.1 Å². The maximum absolute atomic E-state index is 14.4. The summed E-state index contributed by atoms with van der Waals surface area (Å²) in [5.41, 5.74) is 2.45. The molecule has 0 spiro atoms. The second-order valence-electron chi connectivity index (χ2n) is 8.76. The van der Waals surface area contributed by atoms with Crippen LogP contribution in [0.4, 0.5) is 4.39 Å². The summed E-state index contributed by atoms with van der Waals surface area (Å²) in [7, 11) is -4.02.